The number of carbonyl (C=O) groups excluding carboxylic acids is 2. The predicted molar refractivity (Wildman–Crippen MR) is 71.9 cm³/mol. The molecule has 2 rings (SSSR count). The summed E-state index contributed by atoms with van der Waals surface area (Å²) in [5.74, 6) is -0.524. The van der Waals surface area contributed by atoms with Gasteiger partial charge in [0.15, 0.2) is 0 Å². The molecule has 2 heterocycles. The first kappa shape index (κ1) is 16.6. The number of hydrogen-bond donors (Lipinski definition) is 2. The average molecular weight is 336 g/mol. The van der Waals surface area contributed by atoms with Crippen LogP contribution in [-0.4, -0.2) is 73.4 Å². The molecule has 124 valence electrons. The van der Waals surface area contributed by atoms with Gasteiger partial charge in [-0.2, -0.15) is 13.5 Å². The lowest BCUT2D eigenvalue weighted by atomic mass is 10.0. The Morgan fingerprint density at radius 2 is 2.23 bits per heavy atom. The van der Waals surface area contributed by atoms with Crippen molar-refractivity contribution in [2.75, 3.05) is 19.7 Å². The summed E-state index contributed by atoms with van der Waals surface area (Å²) in [4.78, 5) is 33.6. The van der Waals surface area contributed by atoms with Gasteiger partial charge in [0.25, 0.3) is 5.91 Å². The van der Waals surface area contributed by atoms with Crippen molar-refractivity contribution in [3.63, 3.8) is 0 Å². The molecule has 2 aliphatic heterocycles. The van der Waals surface area contributed by atoms with Crippen molar-refractivity contribution >= 4 is 29.1 Å². The molecule has 12 heteroatoms. The zero-order valence-corrected chi connectivity index (χ0v) is 12.4. The lowest BCUT2D eigenvalue weighted by Crippen LogP contribution is -2.49. The third-order valence-corrected chi connectivity index (χ3v) is 3.67. The maximum absolute atomic E-state index is 12.1. The Labute approximate surface area is 126 Å². The Bertz CT molecular complexity index is 566. The third kappa shape index (κ3) is 3.71. The van der Waals surface area contributed by atoms with E-state index in [0.717, 1.165) is 0 Å². The van der Waals surface area contributed by atoms with Crippen molar-refractivity contribution < 1.29 is 31.7 Å². The fraction of sp³-hybridized carbons (Fsp3) is 0.700. The number of hydrogen-bond acceptors (Lipinski definition) is 7. The summed E-state index contributed by atoms with van der Waals surface area (Å²) in [6.07, 6.45) is 0.667. The minimum absolute atomic E-state index is 0.126. The number of piperidine rings is 1. The maximum Gasteiger partial charge on any atom is 0.418 e. The molecule has 0 aliphatic carbocycles. The Morgan fingerprint density at radius 3 is 2.86 bits per heavy atom. The monoisotopic (exact) mass is 336 g/mol. The van der Waals surface area contributed by atoms with E-state index in [1.807, 2.05) is 0 Å². The van der Waals surface area contributed by atoms with Gasteiger partial charge in [0.2, 0.25) is 0 Å². The SMILES string of the molecule is C=NCCONC(=O)[C@@H]1CC[C@@H]2CN1C(=O)N2OS(=O)(=O)O. The van der Waals surface area contributed by atoms with Gasteiger partial charge < -0.3 is 4.90 Å². The minimum atomic E-state index is -4.80. The Kier molecular flexibility index (Phi) is 4.95. The van der Waals surface area contributed by atoms with Gasteiger partial charge >= 0.3 is 16.4 Å². The van der Waals surface area contributed by atoms with Gasteiger partial charge in [0, 0.05) is 6.54 Å². The molecule has 11 nitrogen and oxygen atoms in total. The second-order valence-electron chi connectivity index (χ2n) is 4.77. The normalized spacial score (nSPS) is 24.5. The summed E-state index contributed by atoms with van der Waals surface area (Å²) < 4.78 is 34.4. The van der Waals surface area contributed by atoms with Crippen molar-refractivity contribution in [3.05, 3.63) is 0 Å². The summed E-state index contributed by atoms with van der Waals surface area (Å²) in [7, 11) is -4.80. The van der Waals surface area contributed by atoms with E-state index in [9.17, 15) is 18.0 Å². The number of rotatable bonds is 7. The molecule has 0 unspecified atom stereocenters. The molecule has 2 saturated heterocycles. The fourth-order valence-corrected chi connectivity index (χ4v) is 2.79. The van der Waals surface area contributed by atoms with Crippen molar-refractivity contribution in [1.29, 1.82) is 0 Å². The van der Waals surface area contributed by atoms with Gasteiger partial charge in [-0.3, -0.25) is 19.2 Å². The van der Waals surface area contributed by atoms with Crippen LogP contribution in [0.3, 0.4) is 0 Å². The van der Waals surface area contributed by atoms with Gasteiger partial charge in [-0.05, 0) is 19.6 Å². The number of fused-ring (bicyclic) bond motifs is 2. The van der Waals surface area contributed by atoms with Gasteiger partial charge in [-0.25, -0.2) is 10.3 Å². The van der Waals surface area contributed by atoms with Crippen LogP contribution in [0.5, 0.6) is 0 Å². The van der Waals surface area contributed by atoms with Gasteiger partial charge in [0.05, 0.1) is 19.2 Å². The Balaban J connectivity index is 1.96. The smallest absolute Gasteiger partial charge is 0.309 e. The van der Waals surface area contributed by atoms with Crippen LogP contribution in [0.2, 0.25) is 0 Å². The van der Waals surface area contributed by atoms with E-state index in [1.165, 1.54) is 4.90 Å². The molecule has 0 aromatic rings. The number of urea groups is 1. The minimum Gasteiger partial charge on any atom is -0.309 e. The van der Waals surface area contributed by atoms with E-state index in [-0.39, 0.29) is 13.2 Å². The van der Waals surface area contributed by atoms with E-state index in [0.29, 0.717) is 24.4 Å². The third-order valence-electron chi connectivity index (χ3n) is 3.32. The molecule has 0 aromatic carbocycles. The first-order valence-corrected chi connectivity index (χ1v) is 7.81. The summed E-state index contributed by atoms with van der Waals surface area (Å²) in [6, 6.07) is -2.13. The summed E-state index contributed by atoms with van der Waals surface area (Å²) in [6.45, 7) is 3.85. The van der Waals surface area contributed by atoms with Gasteiger partial charge in [-0.1, -0.05) is 0 Å². The van der Waals surface area contributed by atoms with Crippen molar-refractivity contribution in [2.45, 2.75) is 24.9 Å². The van der Waals surface area contributed by atoms with Crippen LogP contribution in [0.4, 0.5) is 4.79 Å². The Morgan fingerprint density at radius 1 is 1.50 bits per heavy atom. The number of hydroxylamine groups is 3. The van der Waals surface area contributed by atoms with E-state index in [4.69, 9.17) is 9.39 Å². The zero-order chi connectivity index (χ0) is 16.3. The van der Waals surface area contributed by atoms with Crippen LogP contribution < -0.4 is 5.48 Å². The van der Waals surface area contributed by atoms with Crippen LogP contribution in [0.1, 0.15) is 12.8 Å². The molecule has 3 amide bonds. The molecule has 2 bridgehead atoms. The summed E-state index contributed by atoms with van der Waals surface area (Å²) >= 11 is 0. The molecule has 22 heavy (non-hydrogen) atoms. The Hall–Kier alpha value is -1.76. The van der Waals surface area contributed by atoms with Crippen molar-refractivity contribution in [1.82, 2.24) is 15.4 Å². The molecule has 0 aromatic heterocycles. The van der Waals surface area contributed by atoms with Crippen LogP contribution in [-0.2, 0) is 24.3 Å². The highest BCUT2D eigenvalue weighted by molar-refractivity contribution is 7.80. The fourth-order valence-electron chi connectivity index (χ4n) is 2.40. The zero-order valence-electron chi connectivity index (χ0n) is 11.5. The molecule has 0 spiro atoms. The molecule has 2 N–H and O–H groups in total. The highest BCUT2D eigenvalue weighted by Gasteiger charge is 2.49. The standard InChI is InChI=1S/C10H16N4O7S/c1-11-4-5-20-12-9(15)8-3-2-7-6-13(8)10(16)14(7)21-22(17,18)19/h7-8H,1-6H2,(H,12,15)(H,17,18,19)/t7-,8+/m1/s1. The topological polar surface area (TPSA) is 138 Å². The first-order valence-electron chi connectivity index (χ1n) is 6.44. The number of amides is 3. The van der Waals surface area contributed by atoms with E-state index in [2.05, 4.69) is 21.5 Å². The quantitative estimate of drug-likeness (QED) is 0.256. The number of nitrogens with one attached hydrogen (secondary N) is 1. The second-order valence-corrected chi connectivity index (χ2v) is 5.78. The van der Waals surface area contributed by atoms with Gasteiger partial charge in [0.1, 0.15) is 6.04 Å². The average Bonchev–Trinajstić information content (AvgIpc) is 2.67. The molecular weight excluding hydrogens is 320 g/mol. The highest BCUT2D eigenvalue weighted by Crippen LogP contribution is 2.30. The maximum atomic E-state index is 12.1. The number of carbonyl (C=O) groups is 2. The largest absolute Gasteiger partial charge is 0.418 e. The summed E-state index contributed by atoms with van der Waals surface area (Å²) in [5, 5.41) is 0.575. The molecule has 0 saturated carbocycles. The second kappa shape index (κ2) is 6.56. The van der Waals surface area contributed by atoms with Crippen LogP contribution in [0.25, 0.3) is 0 Å². The molecule has 2 fully saturated rings. The van der Waals surface area contributed by atoms with Crippen LogP contribution >= 0.6 is 0 Å². The molecule has 2 aliphatic rings. The lowest BCUT2D eigenvalue weighted by molar-refractivity contribution is -0.138. The van der Waals surface area contributed by atoms with Gasteiger partial charge in [-0.15, -0.1) is 4.28 Å². The number of aliphatic imine (C=N–C) groups is 1. The predicted octanol–water partition coefficient (Wildman–Crippen LogP) is -1.26. The van der Waals surface area contributed by atoms with E-state index < -0.39 is 34.4 Å². The van der Waals surface area contributed by atoms with Crippen molar-refractivity contribution in [2.24, 2.45) is 4.99 Å². The van der Waals surface area contributed by atoms with Crippen LogP contribution in [0.15, 0.2) is 4.99 Å². The molecule has 2 atom stereocenters. The van der Waals surface area contributed by atoms with Crippen molar-refractivity contribution in [3.8, 4) is 0 Å². The number of nitrogens with zero attached hydrogens (tertiary/aromatic N) is 3. The molecule has 0 radical (unpaired) electrons. The molecular formula is C10H16N4O7S. The first-order chi connectivity index (χ1) is 10.3. The van der Waals surface area contributed by atoms with Crippen LogP contribution in [0, 0.1) is 0 Å². The summed E-state index contributed by atoms with van der Waals surface area (Å²) in [5.41, 5.74) is 2.21. The highest BCUT2D eigenvalue weighted by atomic mass is 32.3. The lowest BCUT2D eigenvalue weighted by Gasteiger charge is -2.28. The van der Waals surface area contributed by atoms with E-state index >= 15 is 0 Å². The van der Waals surface area contributed by atoms with E-state index in [1.54, 1.807) is 0 Å².